The lowest BCUT2D eigenvalue weighted by Crippen LogP contribution is -2.36. The van der Waals surface area contributed by atoms with E-state index in [1.165, 1.54) is 0 Å². The molecule has 36 heavy (non-hydrogen) atoms. The van der Waals surface area contributed by atoms with Gasteiger partial charge in [-0.05, 0) is 88.1 Å². The van der Waals surface area contributed by atoms with E-state index in [1.54, 1.807) is 23.2 Å². The number of carbonyl (C=O) groups is 1. The minimum Gasteiger partial charge on any atom is -0.364 e. The highest BCUT2D eigenvalue weighted by molar-refractivity contribution is 5.94. The van der Waals surface area contributed by atoms with Gasteiger partial charge < -0.3 is 14.7 Å². The number of hydrogen-bond donors (Lipinski definition) is 1. The number of likely N-dealkylation sites (tertiary alicyclic amines) is 1. The van der Waals surface area contributed by atoms with Gasteiger partial charge in [0.15, 0.2) is 0 Å². The molecule has 1 fully saturated rings. The second-order valence-corrected chi connectivity index (χ2v) is 9.76. The molecular formula is C28H31N5O3. The van der Waals surface area contributed by atoms with Gasteiger partial charge in [0.2, 0.25) is 0 Å². The van der Waals surface area contributed by atoms with Gasteiger partial charge in [0, 0.05) is 17.7 Å². The Kier molecular flexibility index (Phi) is 6.69. The molecule has 0 radical (unpaired) electrons. The first-order valence-electron chi connectivity index (χ1n) is 12.4. The van der Waals surface area contributed by atoms with Crippen molar-refractivity contribution in [2.45, 2.75) is 32.7 Å². The Morgan fingerprint density at radius 3 is 2.75 bits per heavy atom. The van der Waals surface area contributed by atoms with Crippen LogP contribution in [-0.2, 0) is 0 Å². The van der Waals surface area contributed by atoms with Crippen LogP contribution in [0.5, 0.6) is 0 Å². The molecule has 0 spiro atoms. The molecule has 1 aliphatic heterocycles. The van der Waals surface area contributed by atoms with E-state index in [9.17, 15) is 9.59 Å². The van der Waals surface area contributed by atoms with Crippen LogP contribution in [0.2, 0.25) is 0 Å². The van der Waals surface area contributed by atoms with Crippen molar-refractivity contribution < 1.29 is 9.32 Å². The minimum atomic E-state index is -0.281. The van der Waals surface area contributed by atoms with Gasteiger partial charge in [-0.25, -0.2) is 4.98 Å². The maximum Gasteiger partial charge on any atom is 0.261 e. The Hall–Kier alpha value is -3.78. The molecule has 8 heteroatoms. The zero-order chi connectivity index (χ0) is 25.2. The zero-order valence-electron chi connectivity index (χ0n) is 20.9. The van der Waals surface area contributed by atoms with E-state index in [0.29, 0.717) is 28.9 Å². The number of benzene rings is 2. The van der Waals surface area contributed by atoms with Crippen LogP contribution in [0.15, 0.2) is 64.4 Å². The van der Waals surface area contributed by atoms with Crippen LogP contribution in [0.4, 0.5) is 0 Å². The van der Waals surface area contributed by atoms with Crippen molar-refractivity contribution in [2.75, 3.05) is 26.7 Å². The van der Waals surface area contributed by atoms with E-state index in [-0.39, 0.29) is 17.5 Å². The second-order valence-electron chi connectivity index (χ2n) is 9.76. The van der Waals surface area contributed by atoms with Crippen LogP contribution in [-0.4, -0.2) is 52.2 Å². The van der Waals surface area contributed by atoms with Gasteiger partial charge in [-0.1, -0.05) is 23.4 Å². The molecule has 1 atom stereocenters. The summed E-state index contributed by atoms with van der Waals surface area (Å²) < 4.78 is 6.66. The number of hydrogen-bond acceptors (Lipinski definition) is 6. The van der Waals surface area contributed by atoms with Crippen LogP contribution in [0, 0.1) is 12.8 Å². The smallest absolute Gasteiger partial charge is 0.261 e. The number of piperidine rings is 1. The summed E-state index contributed by atoms with van der Waals surface area (Å²) in [6.07, 6.45) is 5.38. The van der Waals surface area contributed by atoms with Gasteiger partial charge in [-0.3, -0.25) is 14.2 Å². The van der Waals surface area contributed by atoms with Crippen LogP contribution in [0.25, 0.3) is 22.0 Å². The van der Waals surface area contributed by atoms with Crippen LogP contribution >= 0.6 is 0 Å². The maximum absolute atomic E-state index is 13.3. The van der Waals surface area contributed by atoms with Crippen LogP contribution < -0.4 is 10.9 Å². The first-order chi connectivity index (χ1) is 17.4. The van der Waals surface area contributed by atoms with Crippen LogP contribution in [0.3, 0.4) is 0 Å². The van der Waals surface area contributed by atoms with Crippen molar-refractivity contribution in [2.24, 2.45) is 5.92 Å². The molecule has 2 aromatic carbocycles. The van der Waals surface area contributed by atoms with Crippen molar-refractivity contribution in [1.29, 1.82) is 0 Å². The van der Waals surface area contributed by atoms with E-state index >= 15 is 0 Å². The molecule has 0 bridgehead atoms. The van der Waals surface area contributed by atoms with Crippen LogP contribution in [0.1, 0.15) is 47.4 Å². The highest BCUT2D eigenvalue weighted by atomic mass is 16.5. The molecule has 4 aromatic rings. The fourth-order valence-corrected chi connectivity index (χ4v) is 4.85. The van der Waals surface area contributed by atoms with Crippen molar-refractivity contribution in [3.05, 3.63) is 82.2 Å². The fourth-order valence-electron chi connectivity index (χ4n) is 4.85. The van der Waals surface area contributed by atoms with E-state index in [1.807, 2.05) is 50.2 Å². The Morgan fingerprint density at radius 1 is 1.19 bits per heavy atom. The van der Waals surface area contributed by atoms with Gasteiger partial charge in [-0.2, -0.15) is 0 Å². The molecule has 8 nitrogen and oxygen atoms in total. The summed E-state index contributed by atoms with van der Waals surface area (Å²) in [6.45, 7) is 6.66. The Balaban J connectivity index is 1.34. The number of nitrogens with one attached hydrogen (secondary N) is 1. The van der Waals surface area contributed by atoms with Gasteiger partial charge in [0.25, 0.3) is 11.5 Å². The number of rotatable bonds is 6. The predicted octanol–water partition coefficient (Wildman–Crippen LogP) is 4.04. The molecule has 1 N–H and O–H groups in total. The number of aromatic nitrogens is 3. The third kappa shape index (κ3) is 4.81. The second kappa shape index (κ2) is 10.1. The summed E-state index contributed by atoms with van der Waals surface area (Å²) >= 11 is 0. The van der Waals surface area contributed by atoms with Gasteiger partial charge >= 0.3 is 0 Å². The lowest BCUT2D eigenvalue weighted by atomic mass is 9.97. The first kappa shape index (κ1) is 23.9. The maximum atomic E-state index is 13.3. The lowest BCUT2D eigenvalue weighted by molar-refractivity contribution is 0.0939. The van der Waals surface area contributed by atoms with Crippen molar-refractivity contribution in [1.82, 2.24) is 24.9 Å². The molecule has 2 aromatic heterocycles. The van der Waals surface area contributed by atoms with E-state index in [0.717, 1.165) is 48.3 Å². The molecule has 0 unspecified atom stereocenters. The molecule has 0 aliphatic carbocycles. The summed E-state index contributed by atoms with van der Waals surface area (Å²) in [5.74, 6) is 0.437. The van der Waals surface area contributed by atoms with Gasteiger partial charge in [0.1, 0.15) is 6.26 Å². The average molecular weight is 486 g/mol. The molecule has 1 amide bonds. The van der Waals surface area contributed by atoms with E-state index in [2.05, 4.69) is 27.4 Å². The Bertz CT molecular complexity index is 1450. The van der Waals surface area contributed by atoms with Gasteiger partial charge in [-0.15, -0.1) is 0 Å². The lowest BCUT2D eigenvalue weighted by Gasteiger charge is -2.28. The molecule has 3 heterocycles. The fraction of sp³-hybridized carbons (Fsp3) is 0.357. The average Bonchev–Trinajstić information content (AvgIpc) is 3.33. The SMILES string of the molecule is Cc1nocc1-c1ccc2c(=O)n([C@H](C)c3cccc(C(=O)NCC4CCN(C)CC4)c3)cnc2c1. The highest BCUT2D eigenvalue weighted by Gasteiger charge is 2.19. The number of fused-ring (bicyclic) bond motifs is 1. The van der Waals surface area contributed by atoms with E-state index < -0.39 is 0 Å². The van der Waals surface area contributed by atoms with E-state index in [4.69, 9.17) is 4.52 Å². The normalized spacial score (nSPS) is 15.8. The Labute approximate surface area is 209 Å². The Morgan fingerprint density at radius 2 is 2.00 bits per heavy atom. The zero-order valence-corrected chi connectivity index (χ0v) is 20.9. The molecule has 1 saturated heterocycles. The summed E-state index contributed by atoms with van der Waals surface area (Å²) in [7, 11) is 2.13. The summed E-state index contributed by atoms with van der Waals surface area (Å²) in [4.78, 5) is 33.1. The summed E-state index contributed by atoms with van der Waals surface area (Å²) in [6, 6.07) is 12.8. The summed E-state index contributed by atoms with van der Waals surface area (Å²) in [5.41, 5.74) is 4.53. The van der Waals surface area contributed by atoms with Crippen molar-refractivity contribution >= 4 is 16.8 Å². The topological polar surface area (TPSA) is 93.3 Å². The molecule has 0 saturated carbocycles. The minimum absolute atomic E-state index is 0.0801. The molecular weight excluding hydrogens is 454 g/mol. The number of carbonyl (C=O) groups excluding carboxylic acids is 1. The largest absolute Gasteiger partial charge is 0.364 e. The summed E-state index contributed by atoms with van der Waals surface area (Å²) in [5, 5.41) is 7.56. The molecule has 1 aliphatic rings. The number of aryl methyl sites for hydroxylation is 1. The number of amides is 1. The number of nitrogens with zero attached hydrogens (tertiary/aromatic N) is 4. The highest BCUT2D eigenvalue weighted by Crippen LogP contribution is 2.25. The van der Waals surface area contributed by atoms with Gasteiger partial charge in [0.05, 0.1) is 29.0 Å². The van der Waals surface area contributed by atoms with Crippen molar-refractivity contribution in [3.63, 3.8) is 0 Å². The first-order valence-corrected chi connectivity index (χ1v) is 12.4. The third-order valence-electron chi connectivity index (χ3n) is 7.28. The molecule has 186 valence electrons. The standard InChI is InChI=1S/C28H31N5O3/c1-18-25(16-36-31-18)22-7-8-24-26(14-22)30-17-33(28(24)35)19(2)21-5-4-6-23(13-21)27(34)29-15-20-9-11-32(3)12-10-20/h4-8,13-14,16-17,19-20H,9-12,15H2,1-3H3,(H,29,34)/t19-/m1/s1. The monoisotopic (exact) mass is 485 g/mol. The quantitative estimate of drug-likeness (QED) is 0.443. The van der Waals surface area contributed by atoms with Crippen molar-refractivity contribution in [3.8, 4) is 11.1 Å². The molecule has 5 rings (SSSR count). The predicted molar refractivity (Wildman–Crippen MR) is 139 cm³/mol. The third-order valence-corrected chi connectivity index (χ3v) is 7.28.